The molecule has 0 aliphatic heterocycles. The molecule has 0 heterocycles. The lowest BCUT2D eigenvalue weighted by atomic mass is 10.3. The second-order valence-electron chi connectivity index (χ2n) is 4.22. The summed E-state index contributed by atoms with van der Waals surface area (Å²) in [6.07, 6.45) is 0. The van der Waals surface area contributed by atoms with Gasteiger partial charge in [-0.3, -0.25) is 4.79 Å². The first-order chi connectivity index (χ1) is 9.95. The number of amides is 1. The molecule has 0 unspecified atom stereocenters. The van der Waals surface area contributed by atoms with E-state index in [4.69, 9.17) is 5.14 Å². The molecule has 0 fully saturated rings. The van der Waals surface area contributed by atoms with Crippen molar-refractivity contribution in [1.29, 1.82) is 0 Å². The van der Waals surface area contributed by atoms with E-state index in [9.17, 15) is 13.2 Å². The van der Waals surface area contributed by atoms with Crippen LogP contribution in [0.4, 0.5) is 5.69 Å². The predicted octanol–water partition coefficient (Wildman–Crippen LogP) is 2.06. The number of primary sulfonamides is 1. The summed E-state index contributed by atoms with van der Waals surface area (Å²) < 4.78 is 22.5. The van der Waals surface area contributed by atoms with Crippen molar-refractivity contribution in [3.63, 3.8) is 0 Å². The monoisotopic (exact) mass is 322 g/mol. The van der Waals surface area contributed by atoms with Crippen molar-refractivity contribution >= 4 is 33.4 Å². The molecule has 0 aliphatic rings. The van der Waals surface area contributed by atoms with Crippen LogP contribution in [-0.4, -0.2) is 20.1 Å². The van der Waals surface area contributed by atoms with Crippen molar-refractivity contribution in [2.24, 2.45) is 5.14 Å². The number of benzene rings is 2. The van der Waals surface area contributed by atoms with E-state index >= 15 is 0 Å². The molecule has 2 aromatic rings. The van der Waals surface area contributed by atoms with Crippen molar-refractivity contribution in [2.75, 3.05) is 11.1 Å². The van der Waals surface area contributed by atoms with Gasteiger partial charge in [-0.2, -0.15) is 0 Å². The van der Waals surface area contributed by atoms with Gasteiger partial charge in [0.2, 0.25) is 15.9 Å². The fourth-order valence-electron chi connectivity index (χ4n) is 1.61. The van der Waals surface area contributed by atoms with Crippen LogP contribution in [-0.2, 0) is 14.8 Å². The summed E-state index contributed by atoms with van der Waals surface area (Å²) in [6, 6.07) is 15.4. The Hall–Kier alpha value is -1.83. The van der Waals surface area contributed by atoms with Crippen LogP contribution in [0.2, 0.25) is 0 Å². The smallest absolute Gasteiger partial charge is 0.238 e. The Kier molecular flexibility index (Phi) is 5.00. The third kappa shape index (κ3) is 4.89. The fourth-order valence-corrected chi connectivity index (χ4v) is 2.89. The molecule has 0 aliphatic carbocycles. The summed E-state index contributed by atoms with van der Waals surface area (Å²) in [5, 5.41) is 7.69. The number of thioether (sulfide) groups is 1. The molecule has 21 heavy (non-hydrogen) atoms. The summed E-state index contributed by atoms with van der Waals surface area (Å²) in [6.45, 7) is 0. The zero-order valence-electron chi connectivity index (χ0n) is 11.0. The summed E-state index contributed by atoms with van der Waals surface area (Å²) >= 11 is 1.40. The largest absolute Gasteiger partial charge is 0.325 e. The third-order valence-electron chi connectivity index (χ3n) is 2.56. The highest BCUT2D eigenvalue weighted by molar-refractivity contribution is 8.00. The number of hydrogen-bond acceptors (Lipinski definition) is 4. The average Bonchev–Trinajstić information content (AvgIpc) is 2.46. The molecule has 0 spiro atoms. The third-order valence-corrected chi connectivity index (χ3v) is 4.48. The minimum absolute atomic E-state index is 0.0315. The molecule has 1 amide bonds. The quantitative estimate of drug-likeness (QED) is 0.825. The van der Waals surface area contributed by atoms with E-state index in [1.54, 1.807) is 6.07 Å². The zero-order valence-corrected chi connectivity index (χ0v) is 12.7. The molecule has 7 heteroatoms. The van der Waals surface area contributed by atoms with Crippen molar-refractivity contribution < 1.29 is 13.2 Å². The van der Waals surface area contributed by atoms with Gasteiger partial charge in [0, 0.05) is 10.6 Å². The van der Waals surface area contributed by atoms with Crippen molar-refractivity contribution in [3.8, 4) is 0 Å². The Balaban J connectivity index is 1.97. The number of nitrogens with one attached hydrogen (secondary N) is 1. The Morgan fingerprint density at radius 2 is 1.81 bits per heavy atom. The van der Waals surface area contributed by atoms with Gasteiger partial charge in [-0.05, 0) is 30.3 Å². The number of nitrogens with two attached hydrogens (primary N) is 1. The van der Waals surface area contributed by atoms with Crippen LogP contribution in [0, 0.1) is 0 Å². The van der Waals surface area contributed by atoms with Gasteiger partial charge in [0.15, 0.2) is 0 Å². The topological polar surface area (TPSA) is 89.3 Å². The van der Waals surface area contributed by atoms with Gasteiger partial charge in [0.1, 0.15) is 0 Å². The summed E-state index contributed by atoms with van der Waals surface area (Å²) in [4.78, 5) is 12.8. The first-order valence-electron chi connectivity index (χ1n) is 6.06. The molecular formula is C14H14N2O3S2. The van der Waals surface area contributed by atoms with Crippen LogP contribution in [0.5, 0.6) is 0 Å². The van der Waals surface area contributed by atoms with Crippen LogP contribution in [0.1, 0.15) is 0 Å². The number of sulfonamides is 1. The number of carbonyl (C=O) groups excluding carboxylic acids is 1. The van der Waals surface area contributed by atoms with Gasteiger partial charge in [0.25, 0.3) is 0 Å². The highest BCUT2D eigenvalue weighted by Gasteiger charge is 2.09. The van der Waals surface area contributed by atoms with E-state index in [1.807, 2.05) is 30.3 Å². The van der Waals surface area contributed by atoms with E-state index in [1.165, 1.54) is 30.0 Å². The Labute approximate surface area is 127 Å². The van der Waals surface area contributed by atoms with E-state index < -0.39 is 10.0 Å². The van der Waals surface area contributed by atoms with Crippen LogP contribution < -0.4 is 10.5 Å². The van der Waals surface area contributed by atoms with Gasteiger partial charge >= 0.3 is 0 Å². The Morgan fingerprint density at radius 3 is 2.48 bits per heavy atom. The summed E-state index contributed by atoms with van der Waals surface area (Å²) in [5.74, 6) is 0.0271. The molecule has 5 nitrogen and oxygen atoms in total. The highest BCUT2D eigenvalue weighted by Crippen LogP contribution is 2.18. The zero-order chi connectivity index (χ0) is 15.3. The Bertz CT molecular complexity index is 731. The van der Waals surface area contributed by atoms with Crippen LogP contribution in [0.15, 0.2) is 64.4 Å². The number of hydrogen-bond donors (Lipinski definition) is 2. The van der Waals surface area contributed by atoms with Gasteiger partial charge in [-0.15, -0.1) is 11.8 Å². The molecule has 0 radical (unpaired) electrons. The average molecular weight is 322 g/mol. The molecule has 0 aromatic heterocycles. The molecule has 0 saturated carbocycles. The maximum atomic E-state index is 11.8. The first-order valence-corrected chi connectivity index (χ1v) is 8.59. The van der Waals surface area contributed by atoms with Crippen LogP contribution in [0.25, 0.3) is 0 Å². The lowest BCUT2D eigenvalue weighted by molar-refractivity contribution is -0.113. The van der Waals surface area contributed by atoms with Crippen molar-refractivity contribution in [3.05, 3.63) is 54.6 Å². The molecule has 2 aromatic carbocycles. The number of rotatable bonds is 5. The molecule has 0 bridgehead atoms. The highest BCUT2D eigenvalue weighted by atomic mass is 32.2. The lowest BCUT2D eigenvalue weighted by Gasteiger charge is -2.06. The minimum Gasteiger partial charge on any atom is -0.325 e. The fraction of sp³-hybridized carbons (Fsp3) is 0.0714. The van der Waals surface area contributed by atoms with Crippen LogP contribution >= 0.6 is 11.8 Å². The molecule has 0 atom stereocenters. The van der Waals surface area contributed by atoms with E-state index in [0.29, 0.717) is 5.69 Å². The van der Waals surface area contributed by atoms with Crippen LogP contribution in [0.3, 0.4) is 0 Å². The lowest BCUT2D eigenvalue weighted by Crippen LogP contribution is -2.16. The summed E-state index contributed by atoms with van der Waals surface area (Å²) in [7, 11) is -3.77. The SMILES string of the molecule is NS(=O)(=O)c1cccc(NC(=O)CSc2ccccc2)c1. The van der Waals surface area contributed by atoms with E-state index in [-0.39, 0.29) is 16.6 Å². The molecule has 3 N–H and O–H groups in total. The normalized spacial score (nSPS) is 11.1. The van der Waals surface area contributed by atoms with Gasteiger partial charge in [-0.25, -0.2) is 13.6 Å². The molecule has 110 valence electrons. The number of carbonyl (C=O) groups is 1. The summed E-state index contributed by atoms with van der Waals surface area (Å²) in [5.41, 5.74) is 0.403. The Morgan fingerprint density at radius 1 is 1.10 bits per heavy atom. The van der Waals surface area contributed by atoms with Gasteiger partial charge in [-0.1, -0.05) is 24.3 Å². The molecular weight excluding hydrogens is 308 g/mol. The van der Waals surface area contributed by atoms with Crippen molar-refractivity contribution in [2.45, 2.75) is 9.79 Å². The van der Waals surface area contributed by atoms with E-state index in [0.717, 1.165) is 4.90 Å². The maximum Gasteiger partial charge on any atom is 0.238 e. The number of anilines is 1. The van der Waals surface area contributed by atoms with Gasteiger partial charge in [0.05, 0.1) is 10.6 Å². The first kappa shape index (κ1) is 15.6. The predicted molar refractivity (Wildman–Crippen MR) is 83.6 cm³/mol. The second-order valence-corrected chi connectivity index (χ2v) is 6.83. The molecule has 0 saturated heterocycles. The second kappa shape index (κ2) is 6.75. The standard InChI is InChI=1S/C14H14N2O3S2/c15-21(18,19)13-8-4-5-11(9-13)16-14(17)10-20-12-6-2-1-3-7-12/h1-9H,10H2,(H,16,17)(H2,15,18,19). The minimum atomic E-state index is -3.77. The molecule has 2 rings (SSSR count). The van der Waals surface area contributed by atoms with Crippen molar-refractivity contribution in [1.82, 2.24) is 0 Å². The van der Waals surface area contributed by atoms with E-state index in [2.05, 4.69) is 5.32 Å². The maximum absolute atomic E-state index is 11.8. The van der Waals surface area contributed by atoms with Gasteiger partial charge < -0.3 is 5.32 Å².